The fourth-order valence-corrected chi connectivity index (χ4v) is 0.985. The molecule has 0 aromatic carbocycles. The maximum absolute atomic E-state index is 4.98. The number of hydrogen-bond donors (Lipinski definition) is 0. The molecule has 0 bridgehead atoms. The Morgan fingerprint density at radius 2 is 2.18 bits per heavy atom. The first-order valence-electron chi connectivity index (χ1n) is 3.24. The first kappa shape index (κ1) is 6.15. The van der Waals surface area contributed by atoms with Crippen molar-refractivity contribution in [3.8, 4) is 0 Å². The average Bonchev–Trinajstić information content (AvgIpc) is 2.47. The van der Waals surface area contributed by atoms with Crippen LogP contribution in [0.3, 0.4) is 0 Å². The average molecular weight is 149 g/mol. The topological polar surface area (TPSA) is 39.9 Å². The highest BCUT2D eigenvalue weighted by atomic mass is 16.6. The number of fused-ring (bicyclic) bond motifs is 1. The summed E-state index contributed by atoms with van der Waals surface area (Å²) in [4.78, 5) is 13.2. The van der Waals surface area contributed by atoms with E-state index in [1.54, 1.807) is 30.4 Å². The third kappa shape index (κ3) is 0.832. The van der Waals surface area contributed by atoms with Gasteiger partial charge in [-0.1, -0.05) is 0 Å². The molecule has 0 saturated carbocycles. The third-order valence-corrected chi connectivity index (χ3v) is 1.48. The normalized spacial score (nSPS) is 10.3. The highest BCUT2D eigenvalue weighted by Crippen LogP contribution is 2.06. The van der Waals surface area contributed by atoms with Crippen LogP contribution in [-0.4, -0.2) is 21.8 Å². The van der Waals surface area contributed by atoms with Crippen molar-refractivity contribution in [2.45, 2.75) is 0 Å². The van der Waals surface area contributed by atoms with E-state index in [1.165, 1.54) is 0 Å². The summed E-state index contributed by atoms with van der Waals surface area (Å²) in [6, 6.07) is 1.85. The van der Waals surface area contributed by atoms with Crippen LogP contribution < -0.4 is 4.84 Å². The molecule has 0 amide bonds. The largest absolute Gasteiger partial charge is 0.416 e. The molecule has 0 atom stereocenters. The number of aromatic nitrogens is 3. The summed E-state index contributed by atoms with van der Waals surface area (Å²) in [7, 11) is 1.59. The molecule has 2 aromatic heterocycles. The van der Waals surface area contributed by atoms with Gasteiger partial charge in [-0.2, -0.15) is 4.73 Å². The van der Waals surface area contributed by atoms with Crippen molar-refractivity contribution in [2.75, 3.05) is 7.11 Å². The van der Waals surface area contributed by atoms with Gasteiger partial charge >= 0.3 is 0 Å². The fourth-order valence-electron chi connectivity index (χ4n) is 0.985. The van der Waals surface area contributed by atoms with Gasteiger partial charge in [-0.3, -0.25) is 4.98 Å². The zero-order valence-electron chi connectivity index (χ0n) is 6.06. The summed E-state index contributed by atoms with van der Waals surface area (Å²) in [5.74, 6) is 0. The second-order valence-electron chi connectivity index (χ2n) is 2.09. The lowest BCUT2D eigenvalue weighted by Gasteiger charge is -1.98. The first-order valence-corrected chi connectivity index (χ1v) is 3.24. The molecule has 0 aliphatic rings. The van der Waals surface area contributed by atoms with E-state index in [4.69, 9.17) is 4.84 Å². The quantitative estimate of drug-likeness (QED) is 0.592. The highest BCUT2D eigenvalue weighted by molar-refractivity contribution is 5.70. The molecule has 56 valence electrons. The molecule has 0 spiro atoms. The molecule has 4 nitrogen and oxygen atoms in total. The maximum atomic E-state index is 4.98. The summed E-state index contributed by atoms with van der Waals surface area (Å²) < 4.78 is 1.57. The van der Waals surface area contributed by atoms with Crippen molar-refractivity contribution < 1.29 is 4.84 Å². The van der Waals surface area contributed by atoms with Crippen LogP contribution in [0.25, 0.3) is 11.2 Å². The minimum atomic E-state index is 0.745. The Bertz CT molecular complexity index is 368. The lowest BCUT2D eigenvalue weighted by Crippen LogP contribution is -2.03. The molecule has 2 rings (SSSR count). The predicted octanol–water partition coefficient (Wildman–Crippen LogP) is 0.490. The van der Waals surface area contributed by atoms with Gasteiger partial charge < -0.3 is 4.84 Å². The molecule has 0 N–H and O–H groups in total. The van der Waals surface area contributed by atoms with Crippen molar-refractivity contribution in [1.82, 2.24) is 14.7 Å². The van der Waals surface area contributed by atoms with Crippen LogP contribution in [0.2, 0.25) is 0 Å². The van der Waals surface area contributed by atoms with E-state index in [2.05, 4.69) is 9.97 Å². The fraction of sp³-hybridized carbons (Fsp3) is 0.143. The molecule has 11 heavy (non-hydrogen) atoms. The Morgan fingerprint density at radius 3 is 3.00 bits per heavy atom. The van der Waals surface area contributed by atoms with E-state index >= 15 is 0 Å². The lowest BCUT2D eigenvalue weighted by atomic mass is 10.5. The van der Waals surface area contributed by atoms with E-state index in [9.17, 15) is 0 Å². The van der Waals surface area contributed by atoms with Crippen molar-refractivity contribution in [2.24, 2.45) is 0 Å². The molecule has 0 radical (unpaired) electrons. The second kappa shape index (κ2) is 2.23. The summed E-state index contributed by atoms with van der Waals surface area (Å²) in [5.41, 5.74) is 1.59. The number of nitrogens with zero attached hydrogens (tertiary/aromatic N) is 3. The van der Waals surface area contributed by atoms with E-state index in [0.29, 0.717) is 0 Å². The molecule has 2 heterocycles. The van der Waals surface area contributed by atoms with Gasteiger partial charge in [0.2, 0.25) is 0 Å². The van der Waals surface area contributed by atoms with Gasteiger partial charge in [0.25, 0.3) is 0 Å². The van der Waals surface area contributed by atoms with Crippen LogP contribution in [-0.2, 0) is 0 Å². The van der Waals surface area contributed by atoms with Crippen molar-refractivity contribution >= 4 is 11.2 Å². The van der Waals surface area contributed by atoms with E-state index in [1.807, 2.05) is 6.07 Å². The molecule has 0 aliphatic heterocycles. The van der Waals surface area contributed by atoms with Crippen LogP contribution in [0.1, 0.15) is 0 Å². The van der Waals surface area contributed by atoms with Crippen molar-refractivity contribution in [3.63, 3.8) is 0 Å². The smallest absolute Gasteiger partial charge is 0.194 e. The van der Waals surface area contributed by atoms with E-state index in [0.717, 1.165) is 11.2 Å². The Hall–Kier alpha value is -1.58. The SMILES string of the molecule is COn1ccc2nccnc21. The van der Waals surface area contributed by atoms with Crippen molar-refractivity contribution in [3.05, 3.63) is 24.7 Å². The van der Waals surface area contributed by atoms with Gasteiger partial charge in [0.15, 0.2) is 5.65 Å². The Morgan fingerprint density at radius 1 is 1.36 bits per heavy atom. The minimum Gasteiger partial charge on any atom is -0.416 e. The molecular formula is C7H7N3O. The van der Waals surface area contributed by atoms with E-state index < -0.39 is 0 Å². The summed E-state index contributed by atoms with van der Waals surface area (Å²) in [5, 5.41) is 0. The first-order chi connectivity index (χ1) is 5.42. The minimum absolute atomic E-state index is 0.745. The van der Waals surface area contributed by atoms with Gasteiger partial charge in [0.1, 0.15) is 12.6 Å². The summed E-state index contributed by atoms with van der Waals surface area (Å²) in [6.45, 7) is 0. The van der Waals surface area contributed by atoms with Gasteiger partial charge in [0, 0.05) is 18.6 Å². The molecule has 0 aliphatic carbocycles. The molecule has 0 unspecified atom stereocenters. The number of hydrogen-bond acceptors (Lipinski definition) is 3. The number of rotatable bonds is 1. The molecular weight excluding hydrogens is 142 g/mol. The standard InChI is InChI=1S/C7H7N3O/c1-11-10-5-2-6-7(10)9-4-3-8-6/h2-5H,1H3. The lowest BCUT2D eigenvalue weighted by molar-refractivity contribution is 0.177. The van der Waals surface area contributed by atoms with Gasteiger partial charge in [-0.15, -0.1) is 0 Å². The van der Waals surface area contributed by atoms with Crippen LogP contribution in [0.4, 0.5) is 0 Å². The zero-order chi connectivity index (χ0) is 7.68. The van der Waals surface area contributed by atoms with Gasteiger partial charge in [-0.05, 0) is 6.07 Å². The zero-order valence-corrected chi connectivity index (χ0v) is 6.06. The van der Waals surface area contributed by atoms with Crippen molar-refractivity contribution in [1.29, 1.82) is 0 Å². The van der Waals surface area contributed by atoms with Gasteiger partial charge in [-0.25, -0.2) is 4.98 Å². The molecule has 0 fully saturated rings. The Balaban J connectivity index is 2.76. The summed E-state index contributed by atoms with van der Waals surface area (Å²) >= 11 is 0. The molecule has 0 saturated heterocycles. The van der Waals surface area contributed by atoms with Crippen LogP contribution >= 0.6 is 0 Å². The van der Waals surface area contributed by atoms with Crippen LogP contribution in [0, 0.1) is 0 Å². The molecule has 2 aromatic rings. The van der Waals surface area contributed by atoms with Gasteiger partial charge in [0.05, 0.1) is 0 Å². The third-order valence-electron chi connectivity index (χ3n) is 1.48. The maximum Gasteiger partial charge on any atom is 0.194 e. The predicted molar refractivity (Wildman–Crippen MR) is 40.0 cm³/mol. The molecule has 4 heteroatoms. The highest BCUT2D eigenvalue weighted by Gasteiger charge is 1.99. The second-order valence-corrected chi connectivity index (χ2v) is 2.09. The van der Waals surface area contributed by atoms with Crippen LogP contribution in [0.5, 0.6) is 0 Å². The van der Waals surface area contributed by atoms with Crippen LogP contribution in [0.15, 0.2) is 24.7 Å². The Labute approximate surface area is 63.4 Å². The Kier molecular flexibility index (Phi) is 1.25. The monoisotopic (exact) mass is 149 g/mol. The van der Waals surface area contributed by atoms with E-state index in [-0.39, 0.29) is 0 Å². The summed E-state index contributed by atoms with van der Waals surface area (Å²) in [6.07, 6.45) is 5.07.